The molecule has 2 aromatic rings. The number of halogens is 1. The van der Waals surface area contributed by atoms with Crippen LogP contribution in [0.15, 0.2) is 48.7 Å². The van der Waals surface area contributed by atoms with Crippen LogP contribution in [0.25, 0.3) is 0 Å². The first-order valence-electron chi connectivity index (χ1n) is 7.32. The van der Waals surface area contributed by atoms with E-state index in [1.807, 2.05) is 12.3 Å². The first-order chi connectivity index (χ1) is 10.0. The van der Waals surface area contributed by atoms with Crippen LogP contribution in [0, 0.1) is 0 Å². The van der Waals surface area contributed by atoms with Gasteiger partial charge in [0.25, 0.3) is 0 Å². The zero-order chi connectivity index (χ0) is 15.3. The quantitative estimate of drug-likeness (QED) is 0.749. The molecule has 2 rings (SSSR count). The van der Waals surface area contributed by atoms with E-state index in [4.69, 9.17) is 11.6 Å². The second kappa shape index (κ2) is 6.95. The molecule has 0 aliphatic heterocycles. The van der Waals surface area contributed by atoms with Crippen molar-refractivity contribution in [3.8, 4) is 0 Å². The van der Waals surface area contributed by atoms with E-state index in [2.05, 4.69) is 67.1 Å². The van der Waals surface area contributed by atoms with E-state index >= 15 is 0 Å². The third kappa shape index (κ3) is 4.47. The predicted molar refractivity (Wildman–Crippen MR) is 91.1 cm³/mol. The van der Waals surface area contributed by atoms with Crippen LogP contribution in [0.2, 0.25) is 0 Å². The molecule has 1 aromatic heterocycles. The standard InChI is InChI=1S/C18H23ClN2/c1-18(2,3)16-9-10-17(20-13-16)21(12-11-19)14-15-7-5-4-6-8-15/h4-10,13H,11-12,14H2,1-3H3. The van der Waals surface area contributed by atoms with Crippen LogP contribution in [0.5, 0.6) is 0 Å². The number of hydrogen-bond acceptors (Lipinski definition) is 2. The Labute approximate surface area is 132 Å². The number of nitrogens with zero attached hydrogens (tertiary/aromatic N) is 2. The summed E-state index contributed by atoms with van der Waals surface area (Å²) in [7, 11) is 0. The molecule has 1 aromatic carbocycles. The molecule has 2 nitrogen and oxygen atoms in total. The summed E-state index contributed by atoms with van der Waals surface area (Å²) in [6, 6.07) is 14.7. The minimum atomic E-state index is 0.127. The van der Waals surface area contributed by atoms with Gasteiger partial charge in [0.1, 0.15) is 5.82 Å². The summed E-state index contributed by atoms with van der Waals surface area (Å²) >= 11 is 5.95. The lowest BCUT2D eigenvalue weighted by Gasteiger charge is -2.24. The van der Waals surface area contributed by atoms with Gasteiger partial charge in [-0.05, 0) is 22.6 Å². The Morgan fingerprint density at radius 2 is 1.76 bits per heavy atom. The van der Waals surface area contributed by atoms with Crippen LogP contribution >= 0.6 is 11.6 Å². The van der Waals surface area contributed by atoms with Gasteiger partial charge in [0.15, 0.2) is 0 Å². The van der Waals surface area contributed by atoms with Crippen LogP contribution in [-0.4, -0.2) is 17.4 Å². The molecule has 0 spiro atoms. The van der Waals surface area contributed by atoms with Crippen LogP contribution in [0.1, 0.15) is 31.9 Å². The van der Waals surface area contributed by atoms with E-state index < -0.39 is 0 Å². The maximum Gasteiger partial charge on any atom is 0.128 e. The van der Waals surface area contributed by atoms with Crippen molar-refractivity contribution in [1.82, 2.24) is 4.98 Å². The van der Waals surface area contributed by atoms with Gasteiger partial charge in [-0.15, -0.1) is 11.6 Å². The molecule has 0 aliphatic carbocycles. The lowest BCUT2D eigenvalue weighted by molar-refractivity contribution is 0.587. The van der Waals surface area contributed by atoms with Gasteiger partial charge in [-0.1, -0.05) is 57.2 Å². The van der Waals surface area contributed by atoms with Crippen molar-refractivity contribution in [2.75, 3.05) is 17.3 Å². The summed E-state index contributed by atoms with van der Waals surface area (Å²) in [6.07, 6.45) is 1.97. The maximum atomic E-state index is 5.95. The molecule has 1 heterocycles. The fourth-order valence-electron chi connectivity index (χ4n) is 2.20. The molecule has 0 bridgehead atoms. The van der Waals surface area contributed by atoms with E-state index in [9.17, 15) is 0 Å². The molecule has 3 heteroatoms. The van der Waals surface area contributed by atoms with E-state index in [1.54, 1.807) is 0 Å². The van der Waals surface area contributed by atoms with E-state index in [0.29, 0.717) is 5.88 Å². The molecule has 112 valence electrons. The first kappa shape index (κ1) is 15.8. The predicted octanol–water partition coefficient (Wildman–Crippen LogP) is 4.62. The largest absolute Gasteiger partial charge is 0.351 e. The molecular weight excluding hydrogens is 280 g/mol. The van der Waals surface area contributed by atoms with Crippen LogP contribution in [0.3, 0.4) is 0 Å². The van der Waals surface area contributed by atoms with E-state index in [0.717, 1.165) is 18.9 Å². The second-order valence-electron chi connectivity index (χ2n) is 6.25. The van der Waals surface area contributed by atoms with E-state index in [-0.39, 0.29) is 5.41 Å². The molecule has 21 heavy (non-hydrogen) atoms. The van der Waals surface area contributed by atoms with Crippen LogP contribution in [0.4, 0.5) is 5.82 Å². The molecule has 0 fully saturated rings. The number of benzene rings is 1. The normalized spacial score (nSPS) is 11.4. The van der Waals surface area contributed by atoms with E-state index in [1.165, 1.54) is 11.1 Å². The molecule has 0 aliphatic rings. The molecule has 0 saturated carbocycles. The Hall–Kier alpha value is -1.54. The summed E-state index contributed by atoms with van der Waals surface area (Å²) in [5, 5.41) is 0. The third-order valence-electron chi connectivity index (χ3n) is 3.51. The highest BCUT2D eigenvalue weighted by Gasteiger charge is 2.15. The minimum absolute atomic E-state index is 0.127. The Kier molecular flexibility index (Phi) is 5.24. The monoisotopic (exact) mass is 302 g/mol. The summed E-state index contributed by atoms with van der Waals surface area (Å²) in [4.78, 5) is 6.84. The van der Waals surface area contributed by atoms with Gasteiger partial charge in [-0.3, -0.25) is 0 Å². The summed E-state index contributed by atoms with van der Waals surface area (Å²) in [6.45, 7) is 8.21. The highest BCUT2D eigenvalue weighted by atomic mass is 35.5. The van der Waals surface area contributed by atoms with Crippen molar-refractivity contribution in [2.45, 2.75) is 32.7 Å². The minimum Gasteiger partial charge on any atom is -0.351 e. The SMILES string of the molecule is CC(C)(C)c1ccc(N(CCCl)Cc2ccccc2)nc1. The molecule has 0 saturated heterocycles. The van der Waals surface area contributed by atoms with Gasteiger partial charge in [-0.2, -0.15) is 0 Å². The third-order valence-corrected chi connectivity index (χ3v) is 3.68. The number of aromatic nitrogens is 1. The van der Waals surface area contributed by atoms with Crippen molar-refractivity contribution in [2.24, 2.45) is 0 Å². The summed E-state index contributed by atoms with van der Waals surface area (Å²) < 4.78 is 0. The van der Waals surface area contributed by atoms with Gasteiger partial charge in [-0.25, -0.2) is 4.98 Å². The van der Waals surface area contributed by atoms with Crippen molar-refractivity contribution >= 4 is 17.4 Å². The molecule has 0 amide bonds. The number of hydrogen-bond donors (Lipinski definition) is 0. The Morgan fingerprint density at radius 1 is 1.05 bits per heavy atom. The van der Waals surface area contributed by atoms with Crippen molar-refractivity contribution in [1.29, 1.82) is 0 Å². The summed E-state index contributed by atoms with van der Waals surface area (Å²) in [5.41, 5.74) is 2.64. The Morgan fingerprint density at radius 3 is 2.29 bits per heavy atom. The smallest absolute Gasteiger partial charge is 0.128 e. The van der Waals surface area contributed by atoms with Crippen LogP contribution < -0.4 is 4.90 Å². The maximum absolute atomic E-state index is 5.95. The van der Waals surface area contributed by atoms with Gasteiger partial charge in [0, 0.05) is 25.2 Å². The highest BCUT2D eigenvalue weighted by molar-refractivity contribution is 6.18. The van der Waals surface area contributed by atoms with Crippen molar-refractivity contribution in [3.05, 3.63) is 59.8 Å². The number of alkyl halides is 1. The lowest BCUT2D eigenvalue weighted by atomic mass is 9.88. The van der Waals surface area contributed by atoms with Crippen LogP contribution in [-0.2, 0) is 12.0 Å². The summed E-state index contributed by atoms with van der Waals surface area (Å²) in [5.74, 6) is 1.57. The van der Waals surface area contributed by atoms with Gasteiger partial charge in [0.2, 0.25) is 0 Å². The molecule has 0 unspecified atom stereocenters. The molecule has 0 radical (unpaired) electrons. The fourth-order valence-corrected chi connectivity index (χ4v) is 2.40. The number of pyridine rings is 1. The topological polar surface area (TPSA) is 16.1 Å². The molecular formula is C18H23ClN2. The Balaban J connectivity index is 2.18. The van der Waals surface area contributed by atoms with Gasteiger partial charge >= 0.3 is 0 Å². The Bertz CT molecular complexity index is 544. The lowest BCUT2D eigenvalue weighted by Crippen LogP contribution is -2.26. The number of anilines is 1. The fraction of sp³-hybridized carbons (Fsp3) is 0.389. The average molecular weight is 303 g/mol. The number of rotatable bonds is 5. The van der Waals surface area contributed by atoms with Gasteiger partial charge < -0.3 is 4.90 Å². The zero-order valence-electron chi connectivity index (χ0n) is 13.0. The second-order valence-corrected chi connectivity index (χ2v) is 6.63. The zero-order valence-corrected chi connectivity index (χ0v) is 13.8. The molecule has 0 atom stereocenters. The highest BCUT2D eigenvalue weighted by Crippen LogP contribution is 2.23. The van der Waals surface area contributed by atoms with Crippen molar-refractivity contribution < 1.29 is 0 Å². The van der Waals surface area contributed by atoms with Gasteiger partial charge in [0.05, 0.1) is 0 Å². The van der Waals surface area contributed by atoms with Crippen molar-refractivity contribution in [3.63, 3.8) is 0 Å². The average Bonchev–Trinajstić information content (AvgIpc) is 2.47. The first-order valence-corrected chi connectivity index (χ1v) is 7.85. The molecule has 0 N–H and O–H groups in total.